The van der Waals surface area contributed by atoms with Crippen LogP contribution in [0.2, 0.25) is 5.02 Å². The Morgan fingerprint density at radius 1 is 1.08 bits per heavy atom. The molecule has 3 aromatic rings. The average Bonchev–Trinajstić information content (AvgIpc) is 2.77. The molecule has 2 heterocycles. The minimum atomic E-state index is -0.250. The van der Waals surface area contributed by atoms with Gasteiger partial charge < -0.3 is 5.32 Å². The fourth-order valence-electron chi connectivity index (χ4n) is 3.14. The lowest BCUT2D eigenvalue weighted by molar-refractivity contribution is 0.627. The number of hydrogen-bond acceptors (Lipinski definition) is 2. The van der Waals surface area contributed by atoms with Crippen LogP contribution in [0.1, 0.15) is 18.4 Å². The number of aromatic nitrogens is 2. The molecule has 0 radical (unpaired) electrons. The van der Waals surface area contributed by atoms with E-state index in [9.17, 15) is 4.39 Å². The molecule has 122 valence electrons. The maximum Gasteiger partial charge on any atom is 0.133 e. The second-order valence-corrected chi connectivity index (χ2v) is 6.39. The highest BCUT2D eigenvalue weighted by Crippen LogP contribution is 2.34. The first-order valence-electron chi connectivity index (χ1n) is 8.10. The van der Waals surface area contributed by atoms with Gasteiger partial charge in [-0.15, -0.1) is 0 Å². The lowest BCUT2D eigenvalue weighted by atomic mass is 10.0. The molecular formula is C19H17ClFN3. The van der Waals surface area contributed by atoms with Gasteiger partial charge in [0.1, 0.15) is 11.6 Å². The first-order valence-corrected chi connectivity index (χ1v) is 8.48. The second kappa shape index (κ2) is 6.29. The van der Waals surface area contributed by atoms with Crippen molar-refractivity contribution in [1.29, 1.82) is 0 Å². The molecule has 3 nitrogen and oxygen atoms in total. The number of nitrogens with zero attached hydrogens (tertiary/aromatic N) is 2. The molecule has 0 fully saturated rings. The normalized spacial score (nSPS) is 13.9. The van der Waals surface area contributed by atoms with Gasteiger partial charge in [-0.1, -0.05) is 23.7 Å². The Morgan fingerprint density at radius 3 is 2.71 bits per heavy atom. The summed E-state index contributed by atoms with van der Waals surface area (Å²) in [4.78, 5) is 0. The molecule has 5 heteroatoms. The summed E-state index contributed by atoms with van der Waals surface area (Å²) in [6, 6.07) is 14.2. The van der Waals surface area contributed by atoms with E-state index in [4.69, 9.17) is 16.7 Å². The number of fused-ring (bicyclic) bond motifs is 1. The van der Waals surface area contributed by atoms with Crippen LogP contribution >= 0.6 is 11.6 Å². The van der Waals surface area contributed by atoms with Crippen molar-refractivity contribution >= 4 is 17.4 Å². The summed E-state index contributed by atoms with van der Waals surface area (Å²) in [5, 5.41) is 9.00. The zero-order valence-electron chi connectivity index (χ0n) is 13.1. The third-order valence-corrected chi connectivity index (χ3v) is 4.53. The third-order valence-electron chi connectivity index (χ3n) is 4.30. The zero-order chi connectivity index (χ0) is 16.5. The van der Waals surface area contributed by atoms with Gasteiger partial charge >= 0.3 is 0 Å². The van der Waals surface area contributed by atoms with Gasteiger partial charge in [0.15, 0.2) is 0 Å². The summed E-state index contributed by atoms with van der Waals surface area (Å²) in [5.74, 6) is 0.745. The smallest absolute Gasteiger partial charge is 0.133 e. The number of halogens is 2. The second-order valence-electron chi connectivity index (χ2n) is 5.96. The molecular weight excluding hydrogens is 325 g/mol. The average molecular weight is 342 g/mol. The number of hydrogen-bond donors (Lipinski definition) is 1. The molecule has 1 N–H and O–H groups in total. The van der Waals surface area contributed by atoms with Crippen LogP contribution in [0.3, 0.4) is 0 Å². The molecule has 1 aliphatic heterocycles. The van der Waals surface area contributed by atoms with Gasteiger partial charge in [0.05, 0.1) is 11.4 Å². The van der Waals surface area contributed by atoms with E-state index in [1.807, 2.05) is 28.9 Å². The van der Waals surface area contributed by atoms with Gasteiger partial charge in [-0.05, 0) is 55.7 Å². The van der Waals surface area contributed by atoms with Gasteiger partial charge in [0.2, 0.25) is 0 Å². The first kappa shape index (κ1) is 15.2. The Hall–Kier alpha value is -2.33. The van der Waals surface area contributed by atoms with Crippen LogP contribution < -0.4 is 5.32 Å². The van der Waals surface area contributed by atoms with Crippen molar-refractivity contribution in [2.24, 2.45) is 0 Å². The highest BCUT2D eigenvalue weighted by atomic mass is 35.5. The Morgan fingerprint density at radius 2 is 1.92 bits per heavy atom. The summed E-state index contributed by atoms with van der Waals surface area (Å²) in [6.45, 7) is 0.912. The van der Waals surface area contributed by atoms with E-state index in [-0.39, 0.29) is 5.82 Å². The van der Waals surface area contributed by atoms with Crippen molar-refractivity contribution in [3.8, 4) is 16.9 Å². The predicted molar refractivity (Wildman–Crippen MR) is 95.4 cm³/mol. The zero-order valence-corrected chi connectivity index (χ0v) is 13.9. The standard InChI is InChI=1S/C19H17ClFN3/c20-14-5-3-4-13(12-14)18-17-6-1-2-11-22-19(17)24(23-18)16-9-7-15(21)8-10-16/h3-5,7-10,12,22H,1-2,6,11H2. The van der Waals surface area contributed by atoms with Gasteiger partial charge in [-0.3, -0.25) is 0 Å². The van der Waals surface area contributed by atoms with E-state index in [2.05, 4.69) is 5.32 Å². The molecule has 1 aliphatic rings. The topological polar surface area (TPSA) is 29.9 Å². The van der Waals surface area contributed by atoms with E-state index in [1.54, 1.807) is 12.1 Å². The van der Waals surface area contributed by atoms with E-state index < -0.39 is 0 Å². The molecule has 0 amide bonds. The van der Waals surface area contributed by atoms with E-state index in [0.717, 1.165) is 48.6 Å². The van der Waals surface area contributed by atoms with Gasteiger partial charge in [-0.2, -0.15) is 5.10 Å². The monoisotopic (exact) mass is 341 g/mol. The van der Waals surface area contributed by atoms with Crippen LogP contribution in [0.25, 0.3) is 16.9 Å². The van der Waals surface area contributed by atoms with Gasteiger partial charge in [0, 0.05) is 22.7 Å². The largest absolute Gasteiger partial charge is 0.370 e. The van der Waals surface area contributed by atoms with Crippen molar-refractivity contribution in [2.75, 3.05) is 11.9 Å². The summed E-state index contributed by atoms with van der Waals surface area (Å²) in [5.41, 5.74) is 3.98. The van der Waals surface area contributed by atoms with Crippen LogP contribution in [-0.2, 0) is 6.42 Å². The lowest BCUT2D eigenvalue weighted by Gasteiger charge is -2.09. The Labute approximate surface area is 145 Å². The molecule has 24 heavy (non-hydrogen) atoms. The van der Waals surface area contributed by atoms with Crippen molar-refractivity contribution in [3.05, 3.63) is 64.9 Å². The highest BCUT2D eigenvalue weighted by molar-refractivity contribution is 6.30. The number of nitrogens with one attached hydrogen (secondary N) is 1. The SMILES string of the molecule is Fc1ccc(-n2nc(-c3cccc(Cl)c3)c3c2NCCCC3)cc1. The van der Waals surface area contributed by atoms with Crippen LogP contribution in [0, 0.1) is 5.82 Å². The predicted octanol–water partition coefficient (Wildman–Crippen LogP) is 5.08. The van der Waals surface area contributed by atoms with Crippen LogP contribution in [0.4, 0.5) is 10.2 Å². The number of anilines is 1. The maximum atomic E-state index is 13.3. The molecule has 4 rings (SSSR count). The quantitative estimate of drug-likeness (QED) is 0.704. The van der Waals surface area contributed by atoms with Crippen molar-refractivity contribution in [3.63, 3.8) is 0 Å². The number of benzene rings is 2. The molecule has 0 atom stereocenters. The molecule has 0 unspecified atom stereocenters. The molecule has 0 saturated heterocycles. The molecule has 0 aliphatic carbocycles. The highest BCUT2D eigenvalue weighted by Gasteiger charge is 2.21. The summed E-state index contributed by atoms with van der Waals surface area (Å²) in [7, 11) is 0. The van der Waals surface area contributed by atoms with E-state index >= 15 is 0 Å². The van der Waals surface area contributed by atoms with Crippen LogP contribution in [0.15, 0.2) is 48.5 Å². The molecule has 1 aromatic heterocycles. The lowest BCUT2D eigenvalue weighted by Crippen LogP contribution is -2.07. The Bertz CT molecular complexity index is 871. The van der Waals surface area contributed by atoms with Crippen molar-refractivity contribution in [2.45, 2.75) is 19.3 Å². The molecule has 2 aromatic carbocycles. The van der Waals surface area contributed by atoms with Gasteiger partial charge in [0.25, 0.3) is 0 Å². The van der Waals surface area contributed by atoms with Crippen LogP contribution in [-0.4, -0.2) is 16.3 Å². The molecule has 0 spiro atoms. The van der Waals surface area contributed by atoms with E-state index in [0.29, 0.717) is 5.02 Å². The van der Waals surface area contributed by atoms with Gasteiger partial charge in [-0.25, -0.2) is 9.07 Å². The first-order chi connectivity index (χ1) is 11.7. The summed E-state index contributed by atoms with van der Waals surface area (Å²) < 4.78 is 15.1. The fourth-order valence-corrected chi connectivity index (χ4v) is 3.33. The van der Waals surface area contributed by atoms with Crippen molar-refractivity contribution in [1.82, 2.24) is 9.78 Å². The van der Waals surface area contributed by atoms with E-state index in [1.165, 1.54) is 17.7 Å². The Balaban J connectivity index is 1.90. The number of rotatable bonds is 2. The third kappa shape index (κ3) is 2.78. The fraction of sp³-hybridized carbons (Fsp3) is 0.211. The molecule has 0 bridgehead atoms. The molecule has 0 saturated carbocycles. The maximum absolute atomic E-state index is 13.3. The summed E-state index contributed by atoms with van der Waals surface area (Å²) >= 11 is 6.16. The Kier molecular flexibility index (Phi) is 3.98. The summed E-state index contributed by atoms with van der Waals surface area (Å²) in [6.07, 6.45) is 3.20. The van der Waals surface area contributed by atoms with Crippen LogP contribution in [0.5, 0.6) is 0 Å². The van der Waals surface area contributed by atoms with Crippen molar-refractivity contribution < 1.29 is 4.39 Å². The minimum absolute atomic E-state index is 0.250. The minimum Gasteiger partial charge on any atom is -0.370 e.